The van der Waals surface area contributed by atoms with Gasteiger partial charge in [0.2, 0.25) is 0 Å². The summed E-state index contributed by atoms with van der Waals surface area (Å²) in [4.78, 5) is 17.3. The zero-order chi connectivity index (χ0) is 19.5. The third-order valence-electron chi connectivity index (χ3n) is 5.41. The molecule has 2 aromatic carbocycles. The van der Waals surface area contributed by atoms with Gasteiger partial charge in [-0.2, -0.15) is 0 Å². The molecule has 2 aliphatic heterocycles. The van der Waals surface area contributed by atoms with E-state index in [1.165, 1.54) is 26.5 Å². The number of Topliss-reactive ketones (excluding diaryl/α,β-unsaturated/α-hetero) is 1. The Balaban J connectivity index is 1.71. The van der Waals surface area contributed by atoms with Crippen LogP contribution in [0.3, 0.4) is 0 Å². The van der Waals surface area contributed by atoms with Crippen LogP contribution in [-0.2, 0) is 4.74 Å². The van der Waals surface area contributed by atoms with Gasteiger partial charge in [0.25, 0.3) is 0 Å². The van der Waals surface area contributed by atoms with Crippen molar-refractivity contribution in [1.82, 2.24) is 4.90 Å². The number of benzene rings is 2. The summed E-state index contributed by atoms with van der Waals surface area (Å²) in [6.45, 7) is 8.91. The molecule has 1 atom stereocenters. The van der Waals surface area contributed by atoms with Crippen LogP contribution in [0.15, 0.2) is 58.3 Å². The number of carbonyl (C=O) groups excluding carboxylic acids is 1. The Hall–Kier alpha value is -1.88. The smallest absolute Gasteiger partial charge is 0.162 e. The number of hydrogen-bond acceptors (Lipinski definition) is 4. The van der Waals surface area contributed by atoms with Crippen LogP contribution < -0.4 is 0 Å². The summed E-state index contributed by atoms with van der Waals surface area (Å²) in [5, 5.41) is 0. The fraction of sp³-hybridized carbons (Fsp3) is 0.375. The van der Waals surface area contributed by atoms with E-state index in [0.717, 1.165) is 38.4 Å². The van der Waals surface area contributed by atoms with Crippen molar-refractivity contribution in [1.29, 1.82) is 0 Å². The fourth-order valence-corrected chi connectivity index (χ4v) is 5.04. The minimum Gasteiger partial charge on any atom is -0.379 e. The molecule has 3 nitrogen and oxygen atoms in total. The molecule has 0 radical (unpaired) electrons. The maximum Gasteiger partial charge on any atom is 0.162 e. The second kappa shape index (κ2) is 8.64. The van der Waals surface area contributed by atoms with E-state index in [1.807, 2.05) is 13.0 Å². The van der Waals surface area contributed by atoms with Crippen molar-refractivity contribution in [2.75, 3.05) is 32.8 Å². The van der Waals surface area contributed by atoms with E-state index < -0.39 is 0 Å². The molecule has 0 amide bonds. The summed E-state index contributed by atoms with van der Waals surface area (Å²) in [7, 11) is 0. The zero-order valence-corrected chi connectivity index (χ0v) is 17.4. The van der Waals surface area contributed by atoms with E-state index in [1.54, 1.807) is 11.8 Å². The monoisotopic (exact) mass is 393 g/mol. The van der Waals surface area contributed by atoms with Crippen LogP contribution in [0, 0.1) is 5.92 Å². The van der Waals surface area contributed by atoms with Crippen molar-refractivity contribution in [3.8, 4) is 0 Å². The average molecular weight is 394 g/mol. The van der Waals surface area contributed by atoms with Crippen LogP contribution >= 0.6 is 11.8 Å². The van der Waals surface area contributed by atoms with E-state index in [2.05, 4.69) is 54.3 Å². The van der Waals surface area contributed by atoms with Crippen LogP contribution in [0.1, 0.15) is 41.8 Å². The Bertz CT molecular complexity index is 899. The highest BCUT2D eigenvalue weighted by molar-refractivity contribution is 7.99. The first kappa shape index (κ1) is 19.4. The van der Waals surface area contributed by atoms with Gasteiger partial charge in [-0.3, -0.25) is 9.69 Å². The van der Waals surface area contributed by atoms with E-state index in [0.29, 0.717) is 12.3 Å². The lowest BCUT2D eigenvalue weighted by Crippen LogP contribution is -2.38. The molecule has 0 aromatic heterocycles. The van der Waals surface area contributed by atoms with E-state index >= 15 is 0 Å². The molecule has 2 aliphatic rings. The zero-order valence-electron chi connectivity index (χ0n) is 16.6. The molecule has 1 unspecified atom stereocenters. The Morgan fingerprint density at radius 2 is 1.89 bits per heavy atom. The largest absolute Gasteiger partial charge is 0.379 e. The molecular weight excluding hydrogens is 366 g/mol. The number of morpholine rings is 1. The van der Waals surface area contributed by atoms with E-state index in [4.69, 9.17) is 4.74 Å². The Morgan fingerprint density at radius 3 is 2.68 bits per heavy atom. The number of ketones is 1. The highest BCUT2D eigenvalue weighted by Crippen LogP contribution is 2.46. The number of rotatable bonds is 5. The Kier molecular flexibility index (Phi) is 6.00. The van der Waals surface area contributed by atoms with Crippen LogP contribution in [-0.4, -0.2) is 43.5 Å². The molecule has 0 saturated carbocycles. The molecular formula is C24H27NO2S. The summed E-state index contributed by atoms with van der Waals surface area (Å²) < 4.78 is 5.48. The first-order chi connectivity index (χ1) is 13.7. The molecule has 4 rings (SSSR count). The summed E-state index contributed by atoms with van der Waals surface area (Å²) in [6, 6.07) is 14.8. The average Bonchev–Trinajstić information content (AvgIpc) is 2.73. The van der Waals surface area contributed by atoms with Gasteiger partial charge in [0.05, 0.1) is 13.2 Å². The highest BCUT2D eigenvalue weighted by atomic mass is 32.2. The Labute approximate surface area is 171 Å². The predicted molar refractivity (Wildman–Crippen MR) is 115 cm³/mol. The lowest BCUT2D eigenvalue weighted by molar-refractivity contribution is 0.0343. The van der Waals surface area contributed by atoms with Crippen LogP contribution in [0.2, 0.25) is 0 Å². The van der Waals surface area contributed by atoms with Crippen LogP contribution in [0.25, 0.3) is 5.57 Å². The molecule has 1 saturated heterocycles. The van der Waals surface area contributed by atoms with Crippen molar-refractivity contribution >= 4 is 23.1 Å². The Morgan fingerprint density at radius 1 is 1.14 bits per heavy atom. The highest BCUT2D eigenvalue weighted by Gasteiger charge is 2.23. The van der Waals surface area contributed by atoms with Gasteiger partial charge in [0.1, 0.15) is 0 Å². The standard InChI is InChI=1S/C24H27NO2S/c1-3-22(26)18-8-9-24-21(15-18)20(19-6-4-5-7-23(19)28-24)14-17(2)16-25-10-12-27-13-11-25/h4-9,14-15,17H,3,10-13,16H2,1-2H3/b20-14-. The lowest BCUT2D eigenvalue weighted by atomic mass is 9.91. The van der Waals surface area contributed by atoms with Crippen molar-refractivity contribution in [3.05, 3.63) is 65.2 Å². The van der Waals surface area contributed by atoms with Gasteiger partial charge < -0.3 is 4.74 Å². The number of nitrogens with zero attached hydrogens (tertiary/aromatic N) is 1. The maximum atomic E-state index is 12.3. The van der Waals surface area contributed by atoms with Gasteiger partial charge in [-0.05, 0) is 40.8 Å². The van der Waals surface area contributed by atoms with Crippen molar-refractivity contribution in [3.63, 3.8) is 0 Å². The van der Waals surface area contributed by atoms with E-state index in [-0.39, 0.29) is 5.78 Å². The molecule has 0 spiro atoms. The maximum absolute atomic E-state index is 12.3. The summed E-state index contributed by atoms with van der Waals surface area (Å²) in [5.74, 6) is 0.620. The van der Waals surface area contributed by atoms with Crippen LogP contribution in [0.4, 0.5) is 0 Å². The molecule has 146 valence electrons. The minimum atomic E-state index is 0.201. The lowest BCUT2D eigenvalue weighted by Gasteiger charge is -2.29. The first-order valence-electron chi connectivity index (χ1n) is 10.1. The van der Waals surface area contributed by atoms with E-state index in [9.17, 15) is 4.79 Å². The molecule has 0 aliphatic carbocycles. The topological polar surface area (TPSA) is 29.5 Å². The summed E-state index contributed by atoms with van der Waals surface area (Å²) >= 11 is 1.80. The van der Waals surface area contributed by atoms with Crippen molar-refractivity contribution in [2.24, 2.45) is 5.92 Å². The first-order valence-corrected chi connectivity index (χ1v) is 10.9. The number of hydrogen-bond donors (Lipinski definition) is 0. The third kappa shape index (κ3) is 4.09. The predicted octanol–water partition coefficient (Wildman–Crippen LogP) is 5.14. The third-order valence-corrected chi connectivity index (χ3v) is 6.56. The number of ether oxygens (including phenoxy) is 1. The number of carbonyl (C=O) groups is 1. The normalized spacial score (nSPS) is 19.1. The molecule has 28 heavy (non-hydrogen) atoms. The second-order valence-corrected chi connectivity index (χ2v) is 8.64. The quantitative estimate of drug-likeness (QED) is 0.561. The number of fused-ring (bicyclic) bond motifs is 2. The van der Waals surface area contributed by atoms with Crippen molar-refractivity contribution in [2.45, 2.75) is 30.1 Å². The van der Waals surface area contributed by atoms with Crippen LogP contribution in [0.5, 0.6) is 0 Å². The molecule has 0 N–H and O–H groups in total. The molecule has 0 bridgehead atoms. The van der Waals surface area contributed by atoms with Gasteiger partial charge in [-0.15, -0.1) is 0 Å². The van der Waals surface area contributed by atoms with Gasteiger partial charge in [0, 0.05) is 41.4 Å². The molecule has 1 fully saturated rings. The van der Waals surface area contributed by atoms with Gasteiger partial charge in [-0.25, -0.2) is 0 Å². The SMILES string of the molecule is CCC(=O)c1ccc2c(c1)/C(=C\C(C)CN1CCOCC1)c1ccccc1S2. The minimum absolute atomic E-state index is 0.201. The molecule has 2 aromatic rings. The fourth-order valence-electron chi connectivity index (χ4n) is 3.96. The summed E-state index contributed by atoms with van der Waals surface area (Å²) in [6.07, 6.45) is 2.93. The van der Waals surface area contributed by atoms with Gasteiger partial charge in [0.15, 0.2) is 5.78 Å². The van der Waals surface area contributed by atoms with Crippen molar-refractivity contribution < 1.29 is 9.53 Å². The second-order valence-electron chi connectivity index (χ2n) is 7.56. The summed E-state index contributed by atoms with van der Waals surface area (Å²) in [5.41, 5.74) is 4.54. The molecule has 2 heterocycles. The van der Waals surface area contributed by atoms with Gasteiger partial charge in [-0.1, -0.05) is 56.0 Å². The van der Waals surface area contributed by atoms with Gasteiger partial charge >= 0.3 is 0 Å². The molecule has 4 heteroatoms.